The minimum atomic E-state index is 0.954. The van der Waals surface area contributed by atoms with E-state index in [2.05, 4.69) is 39.1 Å². The average Bonchev–Trinajstić information content (AvgIpc) is 2.12. The quantitative estimate of drug-likeness (QED) is 0.628. The Balaban J connectivity index is 3.10. The van der Waals surface area contributed by atoms with Crippen LogP contribution in [0.1, 0.15) is 22.3 Å². The molecule has 1 rings (SSSR count). The van der Waals surface area contributed by atoms with Gasteiger partial charge in [0.15, 0.2) is 0 Å². The smallest absolute Gasteiger partial charge is 0.00949 e. The van der Waals surface area contributed by atoms with Crippen molar-refractivity contribution < 1.29 is 0 Å². The molecule has 0 aromatic heterocycles. The van der Waals surface area contributed by atoms with Crippen molar-refractivity contribution in [3.63, 3.8) is 0 Å². The Morgan fingerprint density at radius 1 is 1.00 bits per heavy atom. The summed E-state index contributed by atoms with van der Waals surface area (Å²) in [6.45, 7) is 11.9. The van der Waals surface area contributed by atoms with Crippen LogP contribution in [-0.2, 0) is 12.8 Å². The fraction of sp³-hybridized carbons (Fsp3) is 0.286. The lowest BCUT2D eigenvalue weighted by Crippen LogP contribution is -1.94. The highest BCUT2D eigenvalue weighted by molar-refractivity contribution is 5.39. The number of hydrogen-bond acceptors (Lipinski definition) is 0. The van der Waals surface area contributed by atoms with Crippen LogP contribution >= 0.6 is 0 Å². The minimum absolute atomic E-state index is 0.954. The predicted octanol–water partition coefficient (Wildman–Crippen LogP) is 3.76. The topological polar surface area (TPSA) is 0 Å². The summed E-state index contributed by atoms with van der Waals surface area (Å²) < 4.78 is 0. The van der Waals surface area contributed by atoms with E-state index in [4.69, 9.17) is 0 Å². The molecule has 0 bridgehead atoms. The first-order valence-corrected chi connectivity index (χ1v) is 4.99. The van der Waals surface area contributed by atoms with Crippen LogP contribution in [0, 0.1) is 13.8 Å². The molecule has 74 valence electrons. The lowest BCUT2D eigenvalue weighted by atomic mass is 9.96. The van der Waals surface area contributed by atoms with Crippen LogP contribution in [-0.4, -0.2) is 0 Å². The Hall–Kier alpha value is -1.30. The molecule has 0 spiro atoms. The van der Waals surface area contributed by atoms with E-state index in [0.29, 0.717) is 0 Å². The highest BCUT2D eigenvalue weighted by Gasteiger charge is 2.02. The van der Waals surface area contributed by atoms with Gasteiger partial charge in [0.05, 0.1) is 0 Å². The van der Waals surface area contributed by atoms with E-state index in [9.17, 15) is 0 Å². The number of aryl methyl sites for hydroxylation is 2. The van der Waals surface area contributed by atoms with Crippen LogP contribution in [0.2, 0.25) is 0 Å². The first-order valence-electron chi connectivity index (χ1n) is 4.99. The van der Waals surface area contributed by atoms with E-state index in [1.165, 1.54) is 22.3 Å². The molecule has 0 fully saturated rings. The monoisotopic (exact) mass is 186 g/mol. The second kappa shape index (κ2) is 4.80. The van der Waals surface area contributed by atoms with Gasteiger partial charge < -0.3 is 0 Å². The Kier molecular flexibility index (Phi) is 3.70. The Morgan fingerprint density at radius 2 is 1.50 bits per heavy atom. The SMILES string of the molecule is C=CCc1cc(C)c(CC=C)c(C)c1. The summed E-state index contributed by atoms with van der Waals surface area (Å²) in [6, 6.07) is 4.49. The van der Waals surface area contributed by atoms with Gasteiger partial charge in [0.25, 0.3) is 0 Å². The average molecular weight is 186 g/mol. The van der Waals surface area contributed by atoms with Crippen LogP contribution in [0.3, 0.4) is 0 Å². The first-order chi connectivity index (χ1) is 6.69. The molecule has 0 aliphatic carbocycles. The third kappa shape index (κ3) is 2.35. The van der Waals surface area contributed by atoms with E-state index >= 15 is 0 Å². The molecule has 0 N–H and O–H groups in total. The first kappa shape index (κ1) is 10.8. The van der Waals surface area contributed by atoms with Crippen LogP contribution in [0.4, 0.5) is 0 Å². The number of rotatable bonds is 4. The maximum absolute atomic E-state index is 3.78. The summed E-state index contributed by atoms with van der Waals surface area (Å²) >= 11 is 0. The molecular weight excluding hydrogens is 168 g/mol. The third-order valence-electron chi connectivity index (χ3n) is 2.48. The molecule has 0 radical (unpaired) electrons. The van der Waals surface area contributed by atoms with Crippen LogP contribution in [0.25, 0.3) is 0 Å². The normalized spacial score (nSPS) is 9.86. The van der Waals surface area contributed by atoms with Crippen molar-refractivity contribution in [3.05, 3.63) is 59.7 Å². The molecule has 0 aliphatic rings. The summed E-state index contributed by atoms with van der Waals surface area (Å²) in [6.07, 6.45) is 5.83. The molecule has 0 amide bonds. The third-order valence-corrected chi connectivity index (χ3v) is 2.48. The standard InChI is InChI=1S/C14H18/c1-5-7-13-9-11(3)14(8-6-2)12(4)10-13/h5-6,9-10H,1-2,7-8H2,3-4H3. The molecule has 0 heterocycles. The van der Waals surface area contributed by atoms with E-state index < -0.39 is 0 Å². The zero-order valence-corrected chi connectivity index (χ0v) is 9.14. The van der Waals surface area contributed by atoms with E-state index in [-0.39, 0.29) is 0 Å². The van der Waals surface area contributed by atoms with E-state index in [1.54, 1.807) is 0 Å². The fourth-order valence-corrected chi connectivity index (χ4v) is 1.83. The number of benzene rings is 1. The Morgan fingerprint density at radius 3 is 1.93 bits per heavy atom. The summed E-state index contributed by atoms with van der Waals surface area (Å²) in [4.78, 5) is 0. The van der Waals surface area contributed by atoms with Crippen molar-refractivity contribution in [3.8, 4) is 0 Å². The molecule has 0 aliphatic heterocycles. The summed E-state index contributed by atoms with van der Waals surface area (Å²) in [5, 5.41) is 0. The van der Waals surface area contributed by atoms with Crippen LogP contribution in [0.15, 0.2) is 37.4 Å². The largest absolute Gasteiger partial charge is 0.103 e. The van der Waals surface area contributed by atoms with Crippen molar-refractivity contribution in [2.45, 2.75) is 26.7 Å². The molecule has 0 atom stereocenters. The van der Waals surface area contributed by atoms with Crippen LogP contribution < -0.4 is 0 Å². The fourth-order valence-electron chi connectivity index (χ4n) is 1.83. The zero-order chi connectivity index (χ0) is 10.6. The molecule has 1 aromatic rings. The molecule has 14 heavy (non-hydrogen) atoms. The summed E-state index contributed by atoms with van der Waals surface area (Å²) in [5.74, 6) is 0. The van der Waals surface area contributed by atoms with Crippen molar-refractivity contribution in [2.24, 2.45) is 0 Å². The van der Waals surface area contributed by atoms with Crippen molar-refractivity contribution in [2.75, 3.05) is 0 Å². The van der Waals surface area contributed by atoms with Gasteiger partial charge in [0, 0.05) is 0 Å². The molecule has 0 saturated carbocycles. The number of hydrogen-bond donors (Lipinski definition) is 0. The van der Waals surface area contributed by atoms with E-state index in [1.807, 2.05) is 12.2 Å². The van der Waals surface area contributed by atoms with Gasteiger partial charge in [-0.3, -0.25) is 0 Å². The maximum atomic E-state index is 3.78. The predicted molar refractivity (Wildman–Crippen MR) is 63.7 cm³/mol. The van der Waals surface area contributed by atoms with Gasteiger partial charge >= 0.3 is 0 Å². The maximum Gasteiger partial charge on any atom is -0.00949 e. The van der Waals surface area contributed by atoms with Gasteiger partial charge in [-0.25, -0.2) is 0 Å². The van der Waals surface area contributed by atoms with Gasteiger partial charge in [-0.2, -0.15) is 0 Å². The van der Waals surface area contributed by atoms with Gasteiger partial charge in [-0.1, -0.05) is 24.3 Å². The van der Waals surface area contributed by atoms with Crippen molar-refractivity contribution >= 4 is 0 Å². The lowest BCUT2D eigenvalue weighted by molar-refractivity contribution is 1.13. The zero-order valence-electron chi connectivity index (χ0n) is 9.14. The molecule has 1 aromatic carbocycles. The molecule has 0 saturated heterocycles. The Bertz CT molecular complexity index is 322. The highest BCUT2D eigenvalue weighted by atomic mass is 14.1. The molecule has 0 nitrogen and oxygen atoms in total. The molecular formula is C14H18. The second-order valence-electron chi connectivity index (χ2n) is 3.69. The van der Waals surface area contributed by atoms with Crippen LogP contribution in [0.5, 0.6) is 0 Å². The van der Waals surface area contributed by atoms with E-state index in [0.717, 1.165) is 12.8 Å². The summed E-state index contributed by atoms with van der Waals surface area (Å²) in [5.41, 5.74) is 5.49. The van der Waals surface area contributed by atoms with Gasteiger partial charge in [-0.05, 0) is 48.9 Å². The summed E-state index contributed by atoms with van der Waals surface area (Å²) in [7, 11) is 0. The second-order valence-corrected chi connectivity index (χ2v) is 3.69. The molecule has 0 heteroatoms. The van der Waals surface area contributed by atoms with Crippen molar-refractivity contribution in [1.82, 2.24) is 0 Å². The lowest BCUT2D eigenvalue weighted by Gasteiger charge is -2.10. The van der Waals surface area contributed by atoms with Gasteiger partial charge in [-0.15, -0.1) is 13.2 Å². The molecule has 0 unspecified atom stereocenters. The minimum Gasteiger partial charge on any atom is -0.103 e. The highest BCUT2D eigenvalue weighted by Crippen LogP contribution is 2.18. The van der Waals surface area contributed by atoms with Gasteiger partial charge in [0.1, 0.15) is 0 Å². The van der Waals surface area contributed by atoms with Crippen molar-refractivity contribution in [1.29, 1.82) is 0 Å². The van der Waals surface area contributed by atoms with Gasteiger partial charge in [0.2, 0.25) is 0 Å². The Labute approximate surface area is 87.0 Å². The number of allylic oxidation sites excluding steroid dienone is 2.